The number of carbonyl (C=O) groups is 4. The van der Waals surface area contributed by atoms with Gasteiger partial charge >= 0.3 is 0 Å². The first-order valence-corrected chi connectivity index (χ1v) is 53.8. The molecule has 816 valence electrons. The topological polar surface area (TPSA) is 201 Å². The maximum atomic E-state index is 11.2. The molecule has 4 N–H and O–H groups in total. The zero-order chi connectivity index (χ0) is 116. The van der Waals surface area contributed by atoms with Crippen LogP contribution in [0.2, 0.25) is 0 Å². The summed E-state index contributed by atoms with van der Waals surface area (Å²) in [6, 6.07) is 68.7. The number of carbonyl (C=O) groups excluding carboxylic acids is 4. The van der Waals surface area contributed by atoms with Crippen molar-refractivity contribution in [1.29, 1.82) is 0 Å². The van der Waals surface area contributed by atoms with E-state index in [1.165, 1.54) is 184 Å². The van der Waals surface area contributed by atoms with Crippen LogP contribution in [0.5, 0.6) is 0 Å². The number of fused-ring (bicyclic) bond motifs is 4. The van der Waals surface area contributed by atoms with E-state index in [-0.39, 0.29) is 149 Å². The molecule has 4 fully saturated rings. The van der Waals surface area contributed by atoms with E-state index in [4.69, 9.17) is 36.4 Å². The minimum Gasteiger partial charge on any atom is -0.512 e. The molecule has 12 nitrogen and oxygen atoms in total. The van der Waals surface area contributed by atoms with Crippen molar-refractivity contribution in [3.05, 3.63) is 308 Å². The third kappa shape index (κ3) is 45.5. The van der Waals surface area contributed by atoms with E-state index in [9.17, 15) is 39.6 Å². The van der Waals surface area contributed by atoms with Crippen LogP contribution in [0.25, 0.3) is 88.6 Å². The molecule has 0 saturated heterocycles. The Labute approximate surface area is 972 Å². The van der Waals surface area contributed by atoms with Gasteiger partial charge < -0.3 is 20.4 Å². The van der Waals surface area contributed by atoms with E-state index in [0.29, 0.717) is 122 Å². The summed E-state index contributed by atoms with van der Waals surface area (Å²) in [6.07, 6.45) is 33.1. The van der Waals surface area contributed by atoms with Crippen molar-refractivity contribution in [3.8, 4) is 45.0 Å². The molecule has 4 radical (unpaired) electrons. The average molecular weight is 2750 g/mol. The van der Waals surface area contributed by atoms with Crippen LogP contribution < -0.4 is 0 Å². The number of rotatable bonds is 28. The van der Waals surface area contributed by atoms with Gasteiger partial charge in [0.15, 0.2) is 23.1 Å². The molecule has 4 heterocycles. The Morgan fingerprint density at radius 3 is 0.640 bits per heavy atom. The van der Waals surface area contributed by atoms with Crippen LogP contribution in [0.15, 0.2) is 217 Å². The maximum absolute atomic E-state index is 11.2. The molecular formula is C134H172Ir4N4O8-4. The van der Waals surface area contributed by atoms with Crippen LogP contribution in [0.1, 0.15) is 385 Å². The molecule has 16 heteroatoms. The molecule has 12 aromatic rings. The Bertz CT molecular complexity index is 6720. The number of hydrogen-bond donors (Lipinski definition) is 4. The summed E-state index contributed by atoms with van der Waals surface area (Å²) in [5.41, 5.74) is 20.2. The van der Waals surface area contributed by atoms with Crippen molar-refractivity contribution in [2.24, 2.45) is 47.3 Å². The van der Waals surface area contributed by atoms with Gasteiger partial charge in [-0.1, -0.05) is 327 Å². The molecule has 0 bridgehead atoms. The quantitative estimate of drug-likeness (QED) is 0.0157. The monoisotopic (exact) mass is 2750 g/mol. The molecule has 4 aliphatic rings. The van der Waals surface area contributed by atoms with Crippen molar-refractivity contribution in [1.82, 2.24) is 19.9 Å². The van der Waals surface area contributed by atoms with Crippen LogP contribution in [0.4, 0.5) is 0 Å². The summed E-state index contributed by atoms with van der Waals surface area (Å²) >= 11 is 0. The molecule has 0 unspecified atom stereocenters. The number of benzene rings is 8. The Hall–Kier alpha value is -9.16. The molecule has 0 aliphatic heterocycles. The second kappa shape index (κ2) is 66.8. The van der Waals surface area contributed by atoms with Crippen molar-refractivity contribution < 1.29 is 136 Å². The van der Waals surface area contributed by atoms with E-state index >= 15 is 0 Å². The number of aryl methyl sites for hydroxylation is 8. The summed E-state index contributed by atoms with van der Waals surface area (Å²) in [6.45, 7) is 31.0. The van der Waals surface area contributed by atoms with Gasteiger partial charge in [-0.3, -0.25) is 39.1 Å². The zero-order valence-corrected chi connectivity index (χ0v) is 102. The first kappa shape index (κ1) is 112. The SMILES string of the molecule is CC(C)CC(=O)C=C(O)CC(C)C.CC(C)CC(=O)C=C(O)CC(C)C.CC(C)CC(=O)C=C(O)CC(C)C.CC(C)CC(=O)C=C(O)CC(C)C.[2H]C([2H])([2H])c1[c-]c(-c2ccc3c(C4CCC4)cccc3n2)cc(C)c1.[2H]C([2H])([2H])c1[c-]c(-c2ccc3c(C4CCCC4)cccc3n2)cc(C)c1.[2H]C([2H])([2H])c1[c-]c(-c2ccc3c(C4CCCCC4)cccc3n2)cc(C)c1.[2H]C([2H])([2H])c1[c-]c(-c2ccc3c(C4CCCCCC4)cccc3n2)cc(C)c1.[Ir].[Ir].[Ir].[Ir]. The van der Waals surface area contributed by atoms with Gasteiger partial charge in [-0.25, -0.2) is 0 Å². The molecule has 150 heavy (non-hydrogen) atoms. The summed E-state index contributed by atoms with van der Waals surface area (Å²) in [4.78, 5) is 64.2. The zero-order valence-electron chi connectivity index (χ0n) is 104. The van der Waals surface area contributed by atoms with Gasteiger partial charge in [-0.2, -0.15) is 0 Å². The molecule has 4 aromatic heterocycles. The van der Waals surface area contributed by atoms with Gasteiger partial charge in [-0.05, 0) is 192 Å². The van der Waals surface area contributed by atoms with Gasteiger partial charge in [0.25, 0.3) is 0 Å². The fourth-order valence-corrected chi connectivity index (χ4v) is 19.6. The van der Waals surface area contributed by atoms with Crippen molar-refractivity contribution in [3.63, 3.8) is 0 Å². The summed E-state index contributed by atoms with van der Waals surface area (Å²) in [5.74, 6) is 6.46. The van der Waals surface area contributed by atoms with Crippen LogP contribution >= 0.6 is 0 Å². The third-order valence-electron chi connectivity index (χ3n) is 26.1. The molecular weight excluding hydrogens is 2560 g/mol. The number of allylic oxidation sites excluding steroid dienone is 8. The minimum absolute atomic E-state index is 0. The van der Waals surface area contributed by atoms with Crippen LogP contribution in [0.3, 0.4) is 0 Å². The van der Waals surface area contributed by atoms with Crippen molar-refractivity contribution in [2.75, 3.05) is 0 Å². The molecule has 0 amide bonds. The molecule has 0 spiro atoms. The van der Waals surface area contributed by atoms with E-state index in [1.54, 1.807) is 24.3 Å². The molecule has 4 saturated carbocycles. The second-order valence-electron chi connectivity index (χ2n) is 44.2. The number of aliphatic hydroxyl groups is 4. The first-order chi connectivity index (χ1) is 74.3. The molecule has 16 rings (SSSR count). The summed E-state index contributed by atoms with van der Waals surface area (Å²) in [7, 11) is 0. The van der Waals surface area contributed by atoms with Gasteiger partial charge in [0.1, 0.15) is 0 Å². The van der Waals surface area contributed by atoms with Gasteiger partial charge in [0.05, 0.1) is 45.1 Å². The number of hydrogen-bond acceptors (Lipinski definition) is 12. The summed E-state index contributed by atoms with van der Waals surface area (Å²) in [5, 5.41) is 42.2. The van der Waals surface area contributed by atoms with Crippen molar-refractivity contribution in [2.45, 2.75) is 356 Å². The van der Waals surface area contributed by atoms with Gasteiger partial charge in [-0.15, -0.1) is 140 Å². The Balaban J connectivity index is 0.000000330. The fourth-order valence-electron chi connectivity index (χ4n) is 19.6. The molecule has 0 atom stereocenters. The van der Waals surface area contributed by atoms with E-state index in [1.807, 2.05) is 205 Å². The maximum Gasteiger partial charge on any atom is 0.159 e. The van der Waals surface area contributed by atoms with Crippen LogP contribution in [-0.2, 0) is 99.6 Å². The van der Waals surface area contributed by atoms with Crippen LogP contribution in [-0.4, -0.2) is 63.5 Å². The van der Waals surface area contributed by atoms with Gasteiger partial charge in [0.2, 0.25) is 0 Å². The predicted octanol–water partition coefficient (Wildman–Crippen LogP) is 37.0. The Morgan fingerprint density at radius 2 is 0.460 bits per heavy atom. The normalized spacial score (nSPS) is 15.7. The van der Waals surface area contributed by atoms with Crippen LogP contribution in [0, 0.1) is 127 Å². The summed E-state index contributed by atoms with van der Waals surface area (Å²) < 4.78 is 92.1. The Morgan fingerprint density at radius 1 is 0.273 bits per heavy atom. The predicted molar refractivity (Wildman–Crippen MR) is 615 cm³/mol. The number of aromatic nitrogens is 4. The second-order valence-corrected chi connectivity index (χ2v) is 44.2. The van der Waals surface area contributed by atoms with Gasteiger partial charge in [0, 0.05) is 194 Å². The van der Waals surface area contributed by atoms with E-state index < -0.39 is 27.4 Å². The van der Waals surface area contributed by atoms with E-state index in [0.717, 1.165) is 89.4 Å². The Kier molecular flexibility index (Phi) is 49.9. The van der Waals surface area contributed by atoms with E-state index in [2.05, 4.69) is 103 Å². The largest absolute Gasteiger partial charge is 0.512 e. The number of pyridine rings is 4. The molecule has 8 aromatic carbocycles. The third-order valence-corrected chi connectivity index (χ3v) is 26.1. The fraction of sp³-hybridized carbons (Fsp3) is 0.463. The first-order valence-electron chi connectivity index (χ1n) is 59.8. The number of aliphatic hydroxyl groups excluding tert-OH is 4. The molecule has 4 aliphatic carbocycles. The average Bonchev–Trinajstić information content (AvgIpc) is 0.838. The smallest absolute Gasteiger partial charge is 0.159 e. The number of ketones is 4. The standard InChI is InChI=1S/C24H26N.C23H24N.C22H22N.C21H20N.4C11H20O2.4Ir/c1-17-14-18(2)16-20(15-17)23-13-12-22-21(10-7-11-24(22)25-23)19-8-5-3-4-6-9-19;1-16-13-17(2)15-19(14-16)22-12-11-21-20(9-6-10-23(21)24-22)18-7-4-3-5-8-18;1-15-12-16(2)14-18(13-15)21-11-10-20-19(17-6-3-4-7-17)8-5-9-22(20)23-21;1-14-11-15(2)13-17(12-14)20-10-9-19-18(16-5-3-6-16)7-4-8-21(19)22-20;4*1-8(2)5-10(12)7-11(13)6-9(3)4;;;;/h7,10-15,19H,3-6,8-9H2,1-2H3;6,9-14,18H,3-5,7-8H2,1-2H3;5,8-13,17H,3-4,6-7H2,1-2H3;4,7-12,16H,3,5-6H2,1-2H3;4*7-9,12H,5-6H2,1-4H3;;;;/q4*-1;;;;;;;;/i4*2D3;;;;;;;;. The van der Waals surface area contributed by atoms with Crippen molar-refractivity contribution >= 4 is 66.7 Å². The minimum atomic E-state index is -2.16. The number of nitrogens with zero attached hydrogens (tertiary/aromatic N) is 4.